The zero-order chi connectivity index (χ0) is 14.9. The van der Waals surface area contributed by atoms with Crippen molar-refractivity contribution >= 4 is 11.6 Å². The lowest BCUT2D eigenvalue weighted by molar-refractivity contribution is 0.0985. The maximum absolute atomic E-state index is 12.9. The molecule has 1 aromatic carbocycles. The van der Waals surface area contributed by atoms with E-state index in [0.717, 1.165) is 49.2 Å². The number of carbonyl (C=O) groups excluding carboxylic acids is 1. The molecule has 3 nitrogen and oxygen atoms in total. The van der Waals surface area contributed by atoms with Gasteiger partial charge >= 0.3 is 0 Å². The zero-order valence-corrected chi connectivity index (χ0v) is 12.7. The van der Waals surface area contributed by atoms with Crippen LogP contribution in [0.1, 0.15) is 46.4 Å². The van der Waals surface area contributed by atoms with E-state index in [-0.39, 0.29) is 5.91 Å². The van der Waals surface area contributed by atoms with Crippen LogP contribution in [0, 0.1) is 0 Å². The van der Waals surface area contributed by atoms with Crippen molar-refractivity contribution in [3.05, 3.63) is 58.9 Å². The molecule has 0 fully saturated rings. The third-order valence-electron chi connectivity index (χ3n) is 4.79. The Hall–Kier alpha value is -2.16. The lowest BCUT2D eigenvalue weighted by Gasteiger charge is -2.29. The fraction of sp³-hybridized carbons (Fsp3) is 0.368. The number of aryl methyl sites for hydroxylation is 3. The first-order valence-corrected chi connectivity index (χ1v) is 8.20. The number of benzene rings is 1. The molecule has 112 valence electrons. The van der Waals surface area contributed by atoms with Crippen LogP contribution in [0.25, 0.3) is 0 Å². The van der Waals surface area contributed by atoms with Gasteiger partial charge < -0.3 is 4.90 Å². The van der Waals surface area contributed by atoms with Crippen LogP contribution in [0.3, 0.4) is 0 Å². The fourth-order valence-corrected chi connectivity index (χ4v) is 3.63. The van der Waals surface area contributed by atoms with Crippen molar-refractivity contribution in [3.63, 3.8) is 0 Å². The first kappa shape index (κ1) is 13.5. The van der Waals surface area contributed by atoms with Crippen LogP contribution >= 0.6 is 0 Å². The predicted octanol–water partition coefficient (Wildman–Crippen LogP) is 3.55. The van der Waals surface area contributed by atoms with Crippen molar-refractivity contribution in [1.82, 2.24) is 4.98 Å². The topological polar surface area (TPSA) is 33.2 Å². The molecular weight excluding hydrogens is 272 g/mol. The first-order chi connectivity index (χ1) is 10.8. The lowest BCUT2D eigenvalue weighted by atomic mass is 9.90. The summed E-state index contributed by atoms with van der Waals surface area (Å²) >= 11 is 0. The summed E-state index contributed by atoms with van der Waals surface area (Å²) in [6, 6.07) is 10.2. The van der Waals surface area contributed by atoms with E-state index >= 15 is 0 Å². The molecule has 0 N–H and O–H groups in total. The van der Waals surface area contributed by atoms with Gasteiger partial charge in [0.2, 0.25) is 0 Å². The molecule has 0 saturated carbocycles. The van der Waals surface area contributed by atoms with Gasteiger partial charge in [-0.15, -0.1) is 0 Å². The smallest absolute Gasteiger partial charge is 0.258 e. The number of amides is 1. The Kier molecular flexibility index (Phi) is 3.41. The van der Waals surface area contributed by atoms with Crippen LogP contribution in [-0.2, 0) is 19.3 Å². The van der Waals surface area contributed by atoms with E-state index in [1.165, 1.54) is 24.0 Å². The van der Waals surface area contributed by atoms with Gasteiger partial charge in [-0.2, -0.15) is 0 Å². The van der Waals surface area contributed by atoms with Crippen LogP contribution in [0.15, 0.2) is 36.5 Å². The number of anilines is 1. The van der Waals surface area contributed by atoms with E-state index < -0.39 is 0 Å². The number of hydrogen-bond acceptors (Lipinski definition) is 2. The molecule has 0 bridgehead atoms. The average molecular weight is 292 g/mol. The molecule has 3 heteroatoms. The molecular formula is C19H20N2O. The second-order valence-electron chi connectivity index (χ2n) is 6.22. The molecule has 1 aromatic heterocycles. The van der Waals surface area contributed by atoms with Crippen molar-refractivity contribution < 1.29 is 4.79 Å². The summed E-state index contributed by atoms with van der Waals surface area (Å²) < 4.78 is 0. The Bertz CT molecular complexity index is 723. The second kappa shape index (κ2) is 5.56. The van der Waals surface area contributed by atoms with Crippen LogP contribution < -0.4 is 4.90 Å². The molecule has 1 amide bonds. The SMILES string of the molecule is O=C(c1ccc2c(c1)CCCC2)N1CCCc2ncccc21. The van der Waals surface area contributed by atoms with Gasteiger partial charge in [0, 0.05) is 18.3 Å². The molecule has 2 heterocycles. The summed E-state index contributed by atoms with van der Waals surface area (Å²) in [6.45, 7) is 0.786. The monoisotopic (exact) mass is 292 g/mol. The van der Waals surface area contributed by atoms with Gasteiger partial charge in [0.05, 0.1) is 11.4 Å². The van der Waals surface area contributed by atoms with Crippen LogP contribution in [0.2, 0.25) is 0 Å². The molecule has 4 rings (SSSR count). The Morgan fingerprint density at radius 2 is 1.86 bits per heavy atom. The van der Waals surface area contributed by atoms with Crippen LogP contribution in [0.4, 0.5) is 5.69 Å². The van der Waals surface area contributed by atoms with E-state index in [1.807, 2.05) is 29.3 Å². The molecule has 2 aliphatic rings. The quantitative estimate of drug-likeness (QED) is 0.805. The predicted molar refractivity (Wildman–Crippen MR) is 87.3 cm³/mol. The van der Waals surface area contributed by atoms with E-state index in [2.05, 4.69) is 17.1 Å². The number of aromatic nitrogens is 1. The molecule has 2 aromatic rings. The van der Waals surface area contributed by atoms with Crippen molar-refractivity contribution in [1.29, 1.82) is 0 Å². The normalized spacial score (nSPS) is 16.8. The Morgan fingerprint density at radius 3 is 2.77 bits per heavy atom. The Balaban J connectivity index is 1.68. The highest BCUT2D eigenvalue weighted by molar-refractivity contribution is 6.06. The fourth-order valence-electron chi connectivity index (χ4n) is 3.63. The molecule has 22 heavy (non-hydrogen) atoms. The average Bonchev–Trinajstić information content (AvgIpc) is 2.60. The standard InChI is InChI=1S/C19H20N2O/c22-19(16-10-9-14-5-1-2-6-15(14)13-16)21-12-4-7-17-18(21)8-3-11-20-17/h3,8-11,13H,1-2,4-7,12H2. The molecule has 0 radical (unpaired) electrons. The number of carbonyl (C=O) groups is 1. The van der Waals surface area contributed by atoms with Crippen molar-refractivity contribution in [3.8, 4) is 0 Å². The number of pyridine rings is 1. The van der Waals surface area contributed by atoms with E-state index in [4.69, 9.17) is 0 Å². The minimum Gasteiger partial charge on any atom is -0.307 e. The highest BCUT2D eigenvalue weighted by Gasteiger charge is 2.24. The number of nitrogens with zero attached hydrogens (tertiary/aromatic N) is 2. The minimum atomic E-state index is 0.113. The maximum atomic E-state index is 12.9. The van der Waals surface area contributed by atoms with Crippen molar-refractivity contribution in [2.24, 2.45) is 0 Å². The van der Waals surface area contributed by atoms with Crippen molar-refractivity contribution in [2.75, 3.05) is 11.4 Å². The molecule has 0 spiro atoms. The number of hydrogen-bond donors (Lipinski definition) is 0. The van der Waals surface area contributed by atoms with Gasteiger partial charge in [-0.1, -0.05) is 6.07 Å². The highest BCUT2D eigenvalue weighted by atomic mass is 16.2. The van der Waals surface area contributed by atoms with E-state index in [0.29, 0.717) is 0 Å². The van der Waals surface area contributed by atoms with Crippen molar-refractivity contribution in [2.45, 2.75) is 38.5 Å². The first-order valence-electron chi connectivity index (χ1n) is 8.20. The number of fused-ring (bicyclic) bond motifs is 2. The van der Waals surface area contributed by atoms with E-state index in [1.54, 1.807) is 0 Å². The molecule has 1 aliphatic carbocycles. The third-order valence-corrected chi connectivity index (χ3v) is 4.79. The maximum Gasteiger partial charge on any atom is 0.258 e. The van der Waals surface area contributed by atoms with Gasteiger partial charge in [0.25, 0.3) is 5.91 Å². The summed E-state index contributed by atoms with van der Waals surface area (Å²) in [7, 11) is 0. The molecule has 0 saturated heterocycles. The lowest BCUT2D eigenvalue weighted by Crippen LogP contribution is -2.35. The summed E-state index contributed by atoms with van der Waals surface area (Å²) in [6.07, 6.45) is 8.53. The Labute approximate surface area is 131 Å². The van der Waals surface area contributed by atoms with Crippen LogP contribution in [-0.4, -0.2) is 17.4 Å². The summed E-state index contributed by atoms with van der Waals surface area (Å²) in [5.41, 5.74) is 5.62. The second-order valence-corrected chi connectivity index (χ2v) is 6.22. The van der Waals surface area contributed by atoms with Gasteiger partial charge in [-0.3, -0.25) is 9.78 Å². The van der Waals surface area contributed by atoms with E-state index in [9.17, 15) is 4.79 Å². The molecule has 0 atom stereocenters. The summed E-state index contributed by atoms with van der Waals surface area (Å²) in [5.74, 6) is 0.113. The Morgan fingerprint density at radius 1 is 1.00 bits per heavy atom. The zero-order valence-electron chi connectivity index (χ0n) is 12.7. The number of rotatable bonds is 1. The summed E-state index contributed by atoms with van der Waals surface area (Å²) in [4.78, 5) is 19.3. The molecule has 1 aliphatic heterocycles. The van der Waals surface area contributed by atoms with Gasteiger partial charge in [0.15, 0.2) is 0 Å². The van der Waals surface area contributed by atoms with Gasteiger partial charge in [0.1, 0.15) is 0 Å². The van der Waals surface area contributed by atoms with Gasteiger partial charge in [-0.05, 0) is 73.9 Å². The third kappa shape index (κ3) is 2.31. The highest BCUT2D eigenvalue weighted by Crippen LogP contribution is 2.28. The van der Waals surface area contributed by atoms with Gasteiger partial charge in [-0.25, -0.2) is 0 Å². The van der Waals surface area contributed by atoms with Crippen LogP contribution in [0.5, 0.6) is 0 Å². The largest absolute Gasteiger partial charge is 0.307 e. The minimum absolute atomic E-state index is 0.113. The molecule has 0 unspecified atom stereocenters. The summed E-state index contributed by atoms with van der Waals surface area (Å²) in [5, 5.41) is 0.